The number of alkyl halides is 1. The lowest BCUT2D eigenvalue weighted by Gasteiger charge is -2.09. The third kappa shape index (κ3) is 1.13. The topological polar surface area (TPSA) is 0 Å². The molecule has 3 aliphatic rings. The number of hydrogen-bond donors (Lipinski definition) is 0. The largest absolute Gasteiger partial charge is 0.113 e. The molecule has 0 atom stereocenters. The summed E-state index contributed by atoms with van der Waals surface area (Å²) in [6, 6.07) is 0. The van der Waals surface area contributed by atoms with Crippen molar-refractivity contribution in [3.63, 3.8) is 0 Å². The molecule has 0 aromatic rings. The third-order valence-electron chi connectivity index (χ3n) is 2.62. The Labute approximate surface area is 82.6 Å². The molecule has 0 aromatic heterocycles. The van der Waals surface area contributed by atoms with Gasteiger partial charge in [-0.15, -0.1) is 11.6 Å². The maximum absolute atomic E-state index is 6.31. The molecule has 0 unspecified atom stereocenters. The smallest absolute Gasteiger partial charge is 0.0835 e. The Kier molecular flexibility index (Phi) is 1.42. The third-order valence-corrected chi connectivity index (χ3v) is 3.13. The zero-order valence-electron chi connectivity index (χ0n) is 7.13. The van der Waals surface area contributed by atoms with Crippen LogP contribution in [0.1, 0.15) is 6.42 Å². The Bertz CT molecular complexity index is 378. The van der Waals surface area contributed by atoms with Gasteiger partial charge in [0.1, 0.15) is 0 Å². The molecule has 3 rings (SSSR count). The first kappa shape index (κ1) is 7.40. The molecule has 0 saturated heterocycles. The fraction of sp³-hybridized carbons (Fsp3) is 0.167. The van der Waals surface area contributed by atoms with E-state index in [0.717, 1.165) is 6.42 Å². The lowest BCUT2D eigenvalue weighted by molar-refractivity contribution is 1.22. The highest BCUT2D eigenvalue weighted by Crippen LogP contribution is 2.43. The second kappa shape index (κ2) is 2.49. The van der Waals surface area contributed by atoms with Gasteiger partial charge in [0.15, 0.2) is 0 Å². The summed E-state index contributed by atoms with van der Waals surface area (Å²) in [5.74, 6) is 0. The van der Waals surface area contributed by atoms with Gasteiger partial charge in [0.05, 0.1) is 5.38 Å². The van der Waals surface area contributed by atoms with Gasteiger partial charge in [-0.3, -0.25) is 0 Å². The van der Waals surface area contributed by atoms with Crippen molar-refractivity contribution in [2.75, 3.05) is 0 Å². The van der Waals surface area contributed by atoms with Crippen molar-refractivity contribution in [1.29, 1.82) is 0 Å². The van der Waals surface area contributed by atoms with E-state index in [4.69, 9.17) is 11.6 Å². The molecule has 1 saturated carbocycles. The summed E-state index contributed by atoms with van der Waals surface area (Å²) < 4.78 is 0. The fourth-order valence-electron chi connectivity index (χ4n) is 1.79. The molecule has 0 aliphatic heterocycles. The fourth-order valence-corrected chi connectivity index (χ4v) is 2.06. The van der Waals surface area contributed by atoms with Crippen LogP contribution < -0.4 is 0 Å². The normalized spacial score (nSPS) is 24.7. The number of allylic oxidation sites excluding steroid dienone is 10. The van der Waals surface area contributed by atoms with Crippen molar-refractivity contribution in [3.05, 3.63) is 58.7 Å². The Balaban J connectivity index is 2.22. The van der Waals surface area contributed by atoms with Crippen LogP contribution in [-0.4, -0.2) is 5.38 Å². The number of halogens is 1. The first-order valence-electron chi connectivity index (χ1n) is 4.48. The maximum atomic E-state index is 6.31. The Morgan fingerprint density at radius 1 is 1.00 bits per heavy atom. The summed E-state index contributed by atoms with van der Waals surface area (Å²) in [6.45, 7) is 0. The summed E-state index contributed by atoms with van der Waals surface area (Å²) >= 11 is 6.31. The van der Waals surface area contributed by atoms with Gasteiger partial charge in [0.2, 0.25) is 0 Å². The molecule has 3 aliphatic carbocycles. The zero-order chi connectivity index (χ0) is 8.84. The van der Waals surface area contributed by atoms with Crippen LogP contribution in [0.25, 0.3) is 0 Å². The van der Waals surface area contributed by atoms with E-state index in [1.807, 2.05) is 0 Å². The first-order chi connectivity index (χ1) is 6.34. The highest BCUT2D eigenvalue weighted by atomic mass is 35.5. The monoisotopic (exact) mass is 188 g/mol. The van der Waals surface area contributed by atoms with Gasteiger partial charge in [-0.1, -0.05) is 36.5 Å². The number of hydrogen-bond acceptors (Lipinski definition) is 0. The van der Waals surface area contributed by atoms with E-state index in [2.05, 4.69) is 36.5 Å². The van der Waals surface area contributed by atoms with Crippen LogP contribution in [0.15, 0.2) is 58.7 Å². The van der Waals surface area contributed by atoms with Crippen LogP contribution in [0.3, 0.4) is 0 Å². The zero-order valence-corrected chi connectivity index (χ0v) is 7.88. The van der Waals surface area contributed by atoms with Gasteiger partial charge in [0.25, 0.3) is 0 Å². The maximum Gasteiger partial charge on any atom is 0.0835 e. The molecular formula is C12H9Cl. The second-order valence-corrected chi connectivity index (χ2v) is 4.03. The van der Waals surface area contributed by atoms with Crippen LogP contribution in [-0.2, 0) is 0 Å². The summed E-state index contributed by atoms with van der Waals surface area (Å²) in [5, 5.41) is 0.0443. The van der Waals surface area contributed by atoms with E-state index >= 15 is 0 Å². The van der Waals surface area contributed by atoms with Crippen LogP contribution in [0.5, 0.6) is 0 Å². The lowest BCUT2D eigenvalue weighted by Crippen LogP contribution is -2.02. The number of rotatable bonds is 0. The first-order valence-corrected chi connectivity index (χ1v) is 4.92. The minimum Gasteiger partial charge on any atom is -0.113 e. The van der Waals surface area contributed by atoms with Gasteiger partial charge in [-0.25, -0.2) is 0 Å². The minimum atomic E-state index is 0.0443. The average molecular weight is 189 g/mol. The standard InChI is InChI=1S/C12H9Cl/c13-12-8-3-1-2-4-9(12)6-11-7-10(11)5-8/h1-6,12H,7H2. The summed E-state index contributed by atoms with van der Waals surface area (Å²) in [4.78, 5) is 0. The molecule has 1 fully saturated rings. The molecule has 64 valence electrons. The summed E-state index contributed by atoms with van der Waals surface area (Å²) in [7, 11) is 0. The van der Waals surface area contributed by atoms with Crippen molar-refractivity contribution in [3.8, 4) is 0 Å². The average Bonchev–Trinajstić information content (AvgIpc) is 2.88. The quantitative estimate of drug-likeness (QED) is 0.512. The van der Waals surface area contributed by atoms with Gasteiger partial charge < -0.3 is 0 Å². The highest BCUT2D eigenvalue weighted by Gasteiger charge is 2.28. The van der Waals surface area contributed by atoms with E-state index in [0.29, 0.717) is 0 Å². The number of fused-ring (bicyclic) bond motifs is 3. The Hall–Kier alpha value is -1.01. The van der Waals surface area contributed by atoms with Crippen molar-refractivity contribution in [2.24, 2.45) is 0 Å². The van der Waals surface area contributed by atoms with E-state index in [1.54, 1.807) is 0 Å². The van der Waals surface area contributed by atoms with Crippen LogP contribution in [0.4, 0.5) is 0 Å². The summed E-state index contributed by atoms with van der Waals surface area (Å²) in [5.41, 5.74) is 5.35. The minimum absolute atomic E-state index is 0.0443. The van der Waals surface area contributed by atoms with Gasteiger partial charge in [-0.2, -0.15) is 0 Å². The molecule has 0 N–H and O–H groups in total. The van der Waals surface area contributed by atoms with Gasteiger partial charge in [-0.05, 0) is 28.7 Å². The molecule has 0 aromatic carbocycles. The van der Waals surface area contributed by atoms with Crippen molar-refractivity contribution >= 4 is 11.6 Å². The molecule has 0 radical (unpaired) electrons. The molecule has 1 heteroatoms. The SMILES string of the molecule is ClC1C2=CC=CC=C1C=C1CC1=C2. The van der Waals surface area contributed by atoms with Crippen LogP contribution in [0, 0.1) is 0 Å². The Morgan fingerprint density at radius 3 is 2.08 bits per heavy atom. The van der Waals surface area contributed by atoms with E-state index in [-0.39, 0.29) is 5.38 Å². The summed E-state index contributed by atoms with van der Waals surface area (Å²) in [6.07, 6.45) is 13.9. The molecule has 2 bridgehead atoms. The van der Waals surface area contributed by atoms with E-state index in [1.165, 1.54) is 22.3 Å². The molecular weight excluding hydrogens is 180 g/mol. The predicted octanol–water partition coefficient (Wildman–Crippen LogP) is 3.29. The molecule has 0 nitrogen and oxygen atoms in total. The van der Waals surface area contributed by atoms with Crippen molar-refractivity contribution in [2.45, 2.75) is 11.8 Å². The molecule has 0 amide bonds. The van der Waals surface area contributed by atoms with Gasteiger partial charge >= 0.3 is 0 Å². The van der Waals surface area contributed by atoms with Gasteiger partial charge in [0, 0.05) is 0 Å². The van der Waals surface area contributed by atoms with Crippen molar-refractivity contribution < 1.29 is 0 Å². The highest BCUT2D eigenvalue weighted by molar-refractivity contribution is 6.25. The lowest BCUT2D eigenvalue weighted by atomic mass is 10.1. The van der Waals surface area contributed by atoms with Crippen LogP contribution >= 0.6 is 11.6 Å². The van der Waals surface area contributed by atoms with Crippen molar-refractivity contribution in [1.82, 2.24) is 0 Å². The Morgan fingerprint density at radius 2 is 1.54 bits per heavy atom. The molecule has 13 heavy (non-hydrogen) atoms. The van der Waals surface area contributed by atoms with E-state index in [9.17, 15) is 0 Å². The predicted molar refractivity (Wildman–Crippen MR) is 55.7 cm³/mol. The second-order valence-electron chi connectivity index (χ2n) is 3.60. The molecule has 0 heterocycles. The molecule has 0 spiro atoms. The van der Waals surface area contributed by atoms with Crippen LogP contribution in [0.2, 0.25) is 0 Å². The van der Waals surface area contributed by atoms with E-state index < -0.39 is 0 Å².